The van der Waals surface area contributed by atoms with E-state index in [1.54, 1.807) is 9.80 Å². The molecule has 0 atom stereocenters. The fourth-order valence-corrected chi connectivity index (χ4v) is 4.12. The number of thiophene rings is 1. The summed E-state index contributed by atoms with van der Waals surface area (Å²) < 4.78 is 16.0. The molecule has 1 aliphatic heterocycles. The Hall–Kier alpha value is -3.27. The number of benzene rings is 1. The van der Waals surface area contributed by atoms with Crippen LogP contribution in [-0.2, 0) is 4.79 Å². The molecule has 0 spiro atoms. The van der Waals surface area contributed by atoms with Gasteiger partial charge in [-0.25, -0.2) is 0 Å². The first-order valence-electron chi connectivity index (χ1n) is 9.66. The third kappa shape index (κ3) is 5.08. The Labute approximate surface area is 184 Å². The highest BCUT2D eigenvalue weighted by molar-refractivity contribution is 7.13. The van der Waals surface area contributed by atoms with Gasteiger partial charge in [-0.05, 0) is 31.2 Å². The lowest BCUT2D eigenvalue weighted by molar-refractivity contribution is -0.120. The Kier molecular flexibility index (Phi) is 7.01. The molecule has 3 rings (SSSR count). The fraction of sp³-hybridized carbons (Fsp3) is 0.381. The number of carbonyl (C=O) groups excluding carboxylic acids is 3. The van der Waals surface area contributed by atoms with Crippen molar-refractivity contribution in [3.8, 4) is 17.2 Å². The molecule has 31 heavy (non-hydrogen) atoms. The zero-order chi connectivity index (χ0) is 22.5. The molecule has 2 aromatic rings. The van der Waals surface area contributed by atoms with Crippen LogP contribution in [0.15, 0.2) is 24.3 Å². The number of amides is 3. The van der Waals surface area contributed by atoms with Crippen molar-refractivity contribution in [1.82, 2.24) is 9.80 Å². The summed E-state index contributed by atoms with van der Waals surface area (Å²) in [6, 6.07) is 6.83. The molecule has 1 fully saturated rings. The molecule has 3 amide bonds. The minimum Gasteiger partial charge on any atom is -0.493 e. The summed E-state index contributed by atoms with van der Waals surface area (Å²) in [7, 11) is 2.85. The third-order valence-corrected chi connectivity index (χ3v) is 5.86. The minimum atomic E-state index is -0.644. The summed E-state index contributed by atoms with van der Waals surface area (Å²) in [5.74, 6) is -0.158. The van der Waals surface area contributed by atoms with E-state index in [4.69, 9.17) is 19.9 Å². The largest absolute Gasteiger partial charge is 0.493 e. The van der Waals surface area contributed by atoms with Gasteiger partial charge in [-0.2, -0.15) is 0 Å². The van der Waals surface area contributed by atoms with E-state index in [1.165, 1.54) is 37.7 Å². The molecule has 1 aromatic heterocycles. The molecule has 2 N–H and O–H groups in total. The first-order chi connectivity index (χ1) is 14.8. The second kappa shape index (κ2) is 9.69. The van der Waals surface area contributed by atoms with E-state index in [2.05, 4.69) is 0 Å². The van der Waals surface area contributed by atoms with E-state index in [0.717, 1.165) is 4.88 Å². The Bertz CT molecular complexity index is 956. The van der Waals surface area contributed by atoms with Crippen molar-refractivity contribution >= 4 is 29.1 Å². The summed E-state index contributed by atoms with van der Waals surface area (Å²) in [5, 5.41) is 0. The molecule has 0 unspecified atom stereocenters. The van der Waals surface area contributed by atoms with Gasteiger partial charge in [-0.1, -0.05) is 0 Å². The Morgan fingerprint density at radius 1 is 0.968 bits per heavy atom. The van der Waals surface area contributed by atoms with Gasteiger partial charge in [0, 0.05) is 36.6 Å². The van der Waals surface area contributed by atoms with E-state index < -0.39 is 5.91 Å². The van der Waals surface area contributed by atoms with E-state index in [9.17, 15) is 14.4 Å². The molecule has 0 aliphatic carbocycles. The van der Waals surface area contributed by atoms with Crippen molar-refractivity contribution in [3.63, 3.8) is 0 Å². The maximum atomic E-state index is 13.1. The molecule has 10 heteroatoms. The van der Waals surface area contributed by atoms with Crippen molar-refractivity contribution < 1.29 is 28.6 Å². The lowest BCUT2D eigenvalue weighted by Gasteiger charge is -2.34. The first kappa shape index (κ1) is 22.4. The third-order valence-electron chi connectivity index (χ3n) is 4.87. The van der Waals surface area contributed by atoms with Gasteiger partial charge in [0.1, 0.15) is 0 Å². The van der Waals surface area contributed by atoms with Crippen molar-refractivity contribution in [1.29, 1.82) is 0 Å². The molecule has 166 valence electrons. The van der Waals surface area contributed by atoms with Crippen molar-refractivity contribution in [2.45, 2.75) is 6.92 Å². The monoisotopic (exact) mass is 447 g/mol. The van der Waals surface area contributed by atoms with Crippen LogP contribution in [0.5, 0.6) is 17.2 Å². The second-order valence-corrected chi connectivity index (χ2v) is 8.25. The van der Waals surface area contributed by atoms with Gasteiger partial charge in [0.25, 0.3) is 17.7 Å². The first-order valence-corrected chi connectivity index (χ1v) is 10.5. The van der Waals surface area contributed by atoms with Gasteiger partial charge in [0.05, 0.1) is 19.1 Å². The van der Waals surface area contributed by atoms with Crippen LogP contribution >= 0.6 is 11.3 Å². The summed E-state index contributed by atoms with van der Waals surface area (Å²) in [5.41, 5.74) is 5.49. The number of methoxy groups -OCH3 is 2. The van der Waals surface area contributed by atoms with Crippen molar-refractivity contribution in [2.75, 3.05) is 47.0 Å². The van der Waals surface area contributed by atoms with Gasteiger partial charge < -0.3 is 29.7 Å². The summed E-state index contributed by atoms with van der Waals surface area (Å²) in [6.45, 7) is 3.36. The van der Waals surface area contributed by atoms with Crippen LogP contribution < -0.4 is 19.9 Å². The molecular weight excluding hydrogens is 422 g/mol. The number of ether oxygens (including phenoxy) is 3. The Balaban J connectivity index is 1.71. The van der Waals surface area contributed by atoms with Crippen LogP contribution in [-0.4, -0.2) is 74.5 Å². The highest BCUT2D eigenvalue weighted by atomic mass is 32.1. The number of rotatable bonds is 7. The minimum absolute atomic E-state index is 0.00973. The lowest BCUT2D eigenvalue weighted by atomic mass is 10.1. The Morgan fingerprint density at radius 2 is 1.52 bits per heavy atom. The van der Waals surface area contributed by atoms with Crippen LogP contribution in [0, 0.1) is 6.92 Å². The van der Waals surface area contributed by atoms with Crippen LogP contribution in [0.25, 0.3) is 0 Å². The topological polar surface area (TPSA) is 111 Å². The molecule has 0 saturated carbocycles. The van der Waals surface area contributed by atoms with Crippen molar-refractivity contribution in [3.05, 3.63) is 39.6 Å². The van der Waals surface area contributed by atoms with E-state index in [-0.39, 0.29) is 35.7 Å². The highest BCUT2D eigenvalue weighted by Crippen LogP contribution is 2.39. The number of piperazine rings is 1. The molecule has 0 bridgehead atoms. The van der Waals surface area contributed by atoms with Gasteiger partial charge in [0.15, 0.2) is 18.1 Å². The lowest BCUT2D eigenvalue weighted by Crippen LogP contribution is -2.50. The number of hydrogen-bond donors (Lipinski definition) is 1. The summed E-state index contributed by atoms with van der Waals surface area (Å²) in [6.07, 6.45) is 0. The van der Waals surface area contributed by atoms with E-state index in [0.29, 0.717) is 36.6 Å². The Morgan fingerprint density at radius 3 is 1.97 bits per heavy atom. The van der Waals surface area contributed by atoms with Gasteiger partial charge in [-0.3, -0.25) is 14.4 Å². The average molecular weight is 448 g/mol. The van der Waals surface area contributed by atoms with Gasteiger partial charge in [0.2, 0.25) is 5.75 Å². The average Bonchev–Trinajstić information content (AvgIpc) is 3.22. The summed E-state index contributed by atoms with van der Waals surface area (Å²) in [4.78, 5) is 42.0. The predicted molar refractivity (Wildman–Crippen MR) is 115 cm³/mol. The number of hydrogen-bond acceptors (Lipinski definition) is 7. The normalized spacial score (nSPS) is 13.6. The van der Waals surface area contributed by atoms with E-state index in [1.807, 2.05) is 19.1 Å². The van der Waals surface area contributed by atoms with E-state index >= 15 is 0 Å². The van der Waals surface area contributed by atoms with Crippen molar-refractivity contribution in [2.24, 2.45) is 5.73 Å². The molecule has 1 aliphatic rings. The second-order valence-electron chi connectivity index (χ2n) is 6.96. The van der Waals surface area contributed by atoms with Crippen LogP contribution in [0.2, 0.25) is 0 Å². The molecular formula is C21H25N3O6S. The number of primary amides is 1. The fourth-order valence-electron chi connectivity index (χ4n) is 3.29. The van der Waals surface area contributed by atoms with Crippen LogP contribution in [0.4, 0.5) is 0 Å². The molecule has 0 radical (unpaired) electrons. The maximum Gasteiger partial charge on any atom is 0.264 e. The number of aryl methyl sites for hydroxylation is 1. The quantitative estimate of drug-likeness (QED) is 0.689. The number of nitrogens with zero attached hydrogens (tertiary/aromatic N) is 2. The van der Waals surface area contributed by atoms with Crippen LogP contribution in [0.3, 0.4) is 0 Å². The highest BCUT2D eigenvalue weighted by Gasteiger charge is 2.27. The smallest absolute Gasteiger partial charge is 0.264 e. The number of carbonyl (C=O) groups is 3. The standard InChI is InChI=1S/C21H25N3O6S/c1-13-4-5-17(31-13)21(27)24-8-6-23(7-9-24)20(26)14-10-15(28-2)19(16(11-14)29-3)30-12-18(22)25/h4-5,10-11H,6-9,12H2,1-3H3,(H2,22,25). The zero-order valence-corrected chi connectivity index (χ0v) is 18.5. The number of nitrogens with two attached hydrogens (primary N) is 1. The predicted octanol–water partition coefficient (Wildman–Crippen LogP) is 1.54. The molecule has 1 aromatic carbocycles. The van der Waals surface area contributed by atoms with Crippen LogP contribution in [0.1, 0.15) is 24.9 Å². The molecule has 2 heterocycles. The zero-order valence-electron chi connectivity index (χ0n) is 17.7. The maximum absolute atomic E-state index is 13.1. The van der Waals surface area contributed by atoms with Gasteiger partial charge in [-0.15, -0.1) is 11.3 Å². The molecule has 1 saturated heterocycles. The SMILES string of the molecule is COc1cc(C(=O)N2CCN(C(=O)c3ccc(C)s3)CC2)cc(OC)c1OCC(N)=O. The molecule has 9 nitrogen and oxygen atoms in total. The summed E-state index contributed by atoms with van der Waals surface area (Å²) >= 11 is 1.47. The van der Waals surface area contributed by atoms with Gasteiger partial charge >= 0.3 is 0 Å².